The molecule has 1 fully saturated rings. The van der Waals surface area contributed by atoms with E-state index in [2.05, 4.69) is 26.1 Å². The molecule has 1 atom stereocenters. The molecular weight excluding hydrogens is 588 g/mol. The summed E-state index contributed by atoms with van der Waals surface area (Å²) in [4.78, 5) is 39.5. The van der Waals surface area contributed by atoms with E-state index in [1.165, 1.54) is 0 Å². The molecule has 3 aromatic carbocycles. The van der Waals surface area contributed by atoms with Gasteiger partial charge in [-0.15, -0.1) is 0 Å². The number of fused-ring (bicyclic) bond motifs is 1. The maximum Gasteiger partial charge on any atom is 0.251 e. The summed E-state index contributed by atoms with van der Waals surface area (Å²) in [5, 5.41) is 17.1. The number of halogens is 1. The lowest BCUT2D eigenvalue weighted by Crippen LogP contribution is -2.48. The number of aromatic nitrogens is 2. The van der Waals surface area contributed by atoms with E-state index in [1.54, 1.807) is 18.3 Å². The lowest BCUT2D eigenvalue weighted by molar-refractivity contribution is -0.130. The van der Waals surface area contributed by atoms with Crippen LogP contribution in [0.4, 0.5) is 5.69 Å². The summed E-state index contributed by atoms with van der Waals surface area (Å²) in [6.07, 6.45) is 5.30. The zero-order chi connectivity index (χ0) is 32.1. The smallest absolute Gasteiger partial charge is 0.251 e. The van der Waals surface area contributed by atoms with E-state index in [4.69, 9.17) is 17.3 Å². The third kappa shape index (κ3) is 7.90. The van der Waals surface area contributed by atoms with Gasteiger partial charge in [-0.25, -0.2) is 0 Å². The van der Waals surface area contributed by atoms with Crippen molar-refractivity contribution in [3.05, 3.63) is 82.5 Å². The van der Waals surface area contributed by atoms with Crippen molar-refractivity contribution in [2.45, 2.75) is 65.0 Å². The number of aromatic amines is 1. The highest BCUT2D eigenvalue weighted by atomic mass is 35.5. The lowest BCUT2D eigenvalue weighted by atomic mass is 9.81. The van der Waals surface area contributed by atoms with Crippen molar-refractivity contribution in [2.24, 2.45) is 17.6 Å². The SMILES string of the molecule is Cc1cc(C(=O)NC(C)C)ccc1-c1ccc(C[C@H](NC(=O)[C@H]2CC[C@H](CN)CC2)C(=O)Nc2cc(Cl)c3cn[nH]c3c2)cc1. The molecule has 10 heteroatoms. The Morgan fingerprint density at radius 3 is 2.40 bits per heavy atom. The number of benzene rings is 3. The van der Waals surface area contributed by atoms with Crippen LogP contribution in [0.15, 0.2) is 60.8 Å². The Morgan fingerprint density at radius 2 is 1.73 bits per heavy atom. The van der Waals surface area contributed by atoms with Gasteiger partial charge in [0.1, 0.15) is 6.04 Å². The van der Waals surface area contributed by atoms with Crippen LogP contribution < -0.4 is 21.7 Å². The average molecular weight is 629 g/mol. The molecule has 6 N–H and O–H groups in total. The Labute approximate surface area is 268 Å². The number of aryl methyl sites for hydroxylation is 1. The topological polar surface area (TPSA) is 142 Å². The molecule has 0 radical (unpaired) electrons. The van der Waals surface area contributed by atoms with E-state index in [9.17, 15) is 14.4 Å². The summed E-state index contributed by atoms with van der Waals surface area (Å²) >= 11 is 6.42. The lowest BCUT2D eigenvalue weighted by Gasteiger charge is -2.28. The molecule has 1 aliphatic rings. The van der Waals surface area contributed by atoms with Crippen LogP contribution >= 0.6 is 11.6 Å². The van der Waals surface area contributed by atoms with Crippen molar-refractivity contribution in [3.8, 4) is 11.1 Å². The van der Waals surface area contributed by atoms with Gasteiger partial charge in [0.25, 0.3) is 5.91 Å². The predicted molar refractivity (Wildman–Crippen MR) is 179 cm³/mol. The number of nitrogens with zero attached hydrogens (tertiary/aromatic N) is 1. The van der Waals surface area contributed by atoms with Crippen molar-refractivity contribution >= 4 is 45.9 Å². The Kier molecular flexibility index (Phi) is 10.2. The molecule has 4 aromatic rings. The van der Waals surface area contributed by atoms with Gasteiger partial charge in [-0.3, -0.25) is 19.5 Å². The second kappa shape index (κ2) is 14.3. The van der Waals surface area contributed by atoms with Crippen LogP contribution in [0.2, 0.25) is 5.02 Å². The van der Waals surface area contributed by atoms with Gasteiger partial charge in [-0.1, -0.05) is 41.9 Å². The fraction of sp³-hybridized carbons (Fsp3) is 0.371. The molecule has 0 saturated heterocycles. The number of H-pyrrole nitrogens is 1. The van der Waals surface area contributed by atoms with Gasteiger partial charge >= 0.3 is 0 Å². The molecule has 1 aliphatic carbocycles. The minimum Gasteiger partial charge on any atom is -0.350 e. The molecule has 45 heavy (non-hydrogen) atoms. The van der Waals surface area contributed by atoms with Crippen LogP contribution in [0.1, 0.15) is 61.0 Å². The molecule has 3 amide bonds. The maximum absolute atomic E-state index is 13.7. The normalized spacial score (nSPS) is 17.2. The molecule has 1 aromatic heterocycles. The zero-order valence-electron chi connectivity index (χ0n) is 26.0. The molecule has 5 rings (SSSR count). The molecule has 0 unspecified atom stereocenters. The van der Waals surface area contributed by atoms with E-state index < -0.39 is 6.04 Å². The summed E-state index contributed by atoms with van der Waals surface area (Å²) in [5.74, 6) is -0.230. The largest absolute Gasteiger partial charge is 0.350 e. The Bertz CT molecular complexity index is 1670. The van der Waals surface area contributed by atoms with Crippen molar-refractivity contribution in [1.29, 1.82) is 0 Å². The Morgan fingerprint density at radius 1 is 1.00 bits per heavy atom. The number of amides is 3. The number of nitrogens with one attached hydrogen (secondary N) is 4. The fourth-order valence-electron chi connectivity index (χ4n) is 6.00. The van der Waals surface area contributed by atoms with E-state index in [-0.39, 0.29) is 29.7 Å². The Hall–Kier alpha value is -4.21. The van der Waals surface area contributed by atoms with E-state index in [1.807, 2.05) is 63.2 Å². The molecule has 9 nitrogen and oxygen atoms in total. The van der Waals surface area contributed by atoms with Crippen molar-refractivity contribution in [2.75, 3.05) is 11.9 Å². The summed E-state index contributed by atoms with van der Waals surface area (Å²) in [6.45, 7) is 6.49. The first-order valence-corrected chi connectivity index (χ1v) is 15.9. The van der Waals surface area contributed by atoms with Gasteiger partial charge < -0.3 is 21.7 Å². The van der Waals surface area contributed by atoms with Gasteiger partial charge in [0.15, 0.2) is 0 Å². The number of hydrogen-bond donors (Lipinski definition) is 5. The van der Waals surface area contributed by atoms with Gasteiger partial charge in [-0.05, 0) is 105 Å². The molecular formula is C35H41ClN6O3. The quantitative estimate of drug-likeness (QED) is 0.152. The molecule has 1 heterocycles. The summed E-state index contributed by atoms with van der Waals surface area (Å²) in [5.41, 5.74) is 11.6. The third-order valence-corrected chi connectivity index (χ3v) is 8.89. The van der Waals surface area contributed by atoms with Gasteiger partial charge in [-0.2, -0.15) is 5.10 Å². The highest BCUT2D eigenvalue weighted by Crippen LogP contribution is 2.30. The van der Waals surface area contributed by atoms with Crippen LogP contribution in [0, 0.1) is 18.8 Å². The van der Waals surface area contributed by atoms with Gasteiger partial charge in [0.05, 0.1) is 16.7 Å². The number of hydrogen-bond acceptors (Lipinski definition) is 5. The number of rotatable bonds is 10. The van der Waals surface area contributed by atoms with Crippen LogP contribution in [0.25, 0.3) is 22.0 Å². The molecule has 0 spiro atoms. The number of carbonyl (C=O) groups excluding carboxylic acids is 3. The average Bonchev–Trinajstić information content (AvgIpc) is 3.50. The van der Waals surface area contributed by atoms with E-state index in [0.717, 1.165) is 53.3 Å². The second-order valence-corrected chi connectivity index (χ2v) is 12.8. The first-order chi connectivity index (χ1) is 21.6. The van der Waals surface area contributed by atoms with Crippen LogP contribution in [-0.2, 0) is 16.0 Å². The van der Waals surface area contributed by atoms with Gasteiger partial charge in [0, 0.05) is 35.0 Å². The second-order valence-electron chi connectivity index (χ2n) is 12.4. The standard InChI is InChI=1S/C35H41ClN6O3/c1-20(2)39-34(44)26-12-13-28(21(3)14-26)24-8-4-22(5-9-24)15-32(41-33(43)25-10-6-23(18-37)7-11-25)35(45)40-27-16-30(36)29-19-38-42-31(29)17-27/h4-5,8-9,12-14,16-17,19-20,23,25,32H,6-7,10-11,15,18,37H2,1-3H3,(H,38,42)(H,39,44)(H,40,45)(H,41,43)/t23-,25-,32-/m0/s1. The van der Waals surface area contributed by atoms with Crippen molar-refractivity contribution in [1.82, 2.24) is 20.8 Å². The number of carbonyl (C=O) groups is 3. The Balaban J connectivity index is 1.33. The summed E-state index contributed by atoms with van der Waals surface area (Å²) in [7, 11) is 0. The fourth-order valence-corrected chi connectivity index (χ4v) is 6.27. The molecule has 0 aliphatic heterocycles. The highest BCUT2D eigenvalue weighted by Gasteiger charge is 2.29. The summed E-state index contributed by atoms with van der Waals surface area (Å²) in [6, 6.07) is 16.3. The van der Waals surface area contributed by atoms with E-state index in [0.29, 0.717) is 40.7 Å². The molecule has 236 valence electrons. The first-order valence-electron chi connectivity index (χ1n) is 15.6. The van der Waals surface area contributed by atoms with Crippen LogP contribution in [0.3, 0.4) is 0 Å². The number of anilines is 1. The predicted octanol–water partition coefficient (Wildman–Crippen LogP) is 5.76. The van der Waals surface area contributed by atoms with Crippen molar-refractivity contribution in [3.63, 3.8) is 0 Å². The number of nitrogens with two attached hydrogens (primary N) is 1. The van der Waals surface area contributed by atoms with Crippen molar-refractivity contribution < 1.29 is 14.4 Å². The molecule has 1 saturated carbocycles. The van der Waals surface area contributed by atoms with Gasteiger partial charge in [0.2, 0.25) is 11.8 Å². The zero-order valence-corrected chi connectivity index (χ0v) is 26.7. The summed E-state index contributed by atoms with van der Waals surface area (Å²) < 4.78 is 0. The first kappa shape index (κ1) is 32.2. The maximum atomic E-state index is 13.7. The van der Waals surface area contributed by atoms with Crippen LogP contribution in [0.5, 0.6) is 0 Å². The minimum atomic E-state index is -0.799. The molecule has 0 bridgehead atoms. The minimum absolute atomic E-state index is 0.0599. The van der Waals surface area contributed by atoms with Crippen LogP contribution in [-0.4, -0.2) is 46.5 Å². The highest BCUT2D eigenvalue weighted by molar-refractivity contribution is 6.35. The third-order valence-electron chi connectivity index (χ3n) is 8.57. The van der Waals surface area contributed by atoms with E-state index >= 15 is 0 Å². The monoisotopic (exact) mass is 628 g/mol.